The quantitative estimate of drug-likeness (QED) is 0.629. The normalized spacial score (nSPS) is 14.8. The van der Waals surface area contributed by atoms with Crippen LogP contribution in [0.3, 0.4) is 0 Å². The molecule has 1 amide bonds. The van der Waals surface area contributed by atoms with Crippen LogP contribution in [0.15, 0.2) is 76.1 Å². The van der Waals surface area contributed by atoms with Crippen molar-refractivity contribution in [1.82, 2.24) is 0 Å². The first kappa shape index (κ1) is 19.0. The number of aromatic hydroxyl groups is 1. The fourth-order valence-corrected chi connectivity index (χ4v) is 3.03. The molecule has 1 aliphatic rings. The summed E-state index contributed by atoms with van der Waals surface area (Å²) in [4.78, 5) is 24.3. The van der Waals surface area contributed by atoms with Crippen molar-refractivity contribution in [3.8, 4) is 11.5 Å². The average molecular weight is 404 g/mol. The van der Waals surface area contributed by atoms with Crippen molar-refractivity contribution >= 4 is 29.4 Å². The number of phenolic OH excluding ortho intramolecular Hbond substituents is 1. The number of furan rings is 1. The van der Waals surface area contributed by atoms with Crippen molar-refractivity contribution in [2.24, 2.45) is 5.10 Å². The number of hydrazone groups is 1. The van der Waals surface area contributed by atoms with Crippen LogP contribution in [0.1, 0.15) is 21.5 Å². The van der Waals surface area contributed by atoms with E-state index in [1.54, 1.807) is 24.3 Å². The summed E-state index contributed by atoms with van der Waals surface area (Å²) in [7, 11) is 1.44. The van der Waals surface area contributed by atoms with E-state index in [1.807, 2.05) is 0 Å². The van der Waals surface area contributed by atoms with Crippen LogP contribution in [0.2, 0.25) is 0 Å². The Balaban J connectivity index is 1.77. The number of benzene rings is 2. The van der Waals surface area contributed by atoms with Gasteiger partial charge in [0.2, 0.25) is 0 Å². The van der Waals surface area contributed by atoms with Crippen LogP contribution < -0.4 is 9.75 Å². The molecule has 0 radical (unpaired) electrons. The van der Waals surface area contributed by atoms with Gasteiger partial charge >= 0.3 is 5.97 Å². The third kappa shape index (κ3) is 3.42. The van der Waals surface area contributed by atoms with Crippen molar-refractivity contribution in [3.05, 3.63) is 83.3 Å². The van der Waals surface area contributed by atoms with Gasteiger partial charge in [-0.15, -0.1) is 0 Å². The summed E-state index contributed by atoms with van der Waals surface area (Å²) in [6.07, 6.45) is 4.60. The highest BCUT2D eigenvalue weighted by atomic mass is 16.5. The summed E-state index contributed by atoms with van der Waals surface area (Å²) in [6, 6.07) is 12.3. The van der Waals surface area contributed by atoms with Crippen molar-refractivity contribution < 1.29 is 29.0 Å². The lowest BCUT2D eigenvalue weighted by Crippen LogP contribution is -2.21. The van der Waals surface area contributed by atoms with Gasteiger partial charge in [0.25, 0.3) is 5.91 Å². The van der Waals surface area contributed by atoms with Crippen LogP contribution in [0, 0.1) is 0 Å². The van der Waals surface area contributed by atoms with Crippen molar-refractivity contribution in [2.45, 2.75) is 0 Å². The van der Waals surface area contributed by atoms with E-state index in [0.29, 0.717) is 28.1 Å². The standard InChI is InChI=1S/C22H16N2O6/c1-29-19-11-13(2-7-18(19)25)10-17-20(15-8-9-30-12-15)23-24(21(17)26)16-5-3-14(4-6-16)22(27)28/h2-12,25H,1H3,(H,27,28)/b17-10-. The number of amides is 1. The topological polar surface area (TPSA) is 113 Å². The number of hydrogen-bond acceptors (Lipinski definition) is 6. The van der Waals surface area contributed by atoms with Crippen LogP contribution in [-0.2, 0) is 4.79 Å². The van der Waals surface area contributed by atoms with E-state index in [-0.39, 0.29) is 23.0 Å². The third-order valence-corrected chi connectivity index (χ3v) is 4.55. The molecule has 8 nitrogen and oxygen atoms in total. The molecule has 0 unspecified atom stereocenters. The Bertz CT molecular complexity index is 1180. The first-order chi connectivity index (χ1) is 14.5. The number of anilines is 1. The first-order valence-corrected chi connectivity index (χ1v) is 8.86. The lowest BCUT2D eigenvalue weighted by Gasteiger charge is -2.11. The highest BCUT2D eigenvalue weighted by molar-refractivity contribution is 6.37. The zero-order valence-electron chi connectivity index (χ0n) is 15.8. The van der Waals surface area contributed by atoms with E-state index in [1.165, 1.54) is 55.0 Å². The van der Waals surface area contributed by atoms with Crippen molar-refractivity contribution in [1.29, 1.82) is 0 Å². The molecule has 4 rings (SSSR count). The molecule has 0 atom stereocenters. The van der Waals surface area contributed by atoms with E-state index in [2.05, 4.69) is 5.10 Å². The number of carbonyl (C=O) groups is 2. The maximum Gasteiger partial charge on any atom is 0.335 e. The van der Waals surface area contributed by atoms with Gasteiger partial charge in [-0.1, -0.05) is 6.07 Å². The molecule has 1 aromatic heterocycles. The number of ether oxygens (including phenoxy) is 1. The highest BCUT2D eigenvalue weighted by Crippen LogP contribution is 2.31. The molecule has 0 saturated heterocycles. The van der Waals surface area contributed by atoms with Gasteiger partial charge in [-0.2, -0.15) is 10.1 Å². The van der Waals surface area contributed by atoms with E-state index in [9.17, 15) is 14.7 Å². The average Bonchev–Trinajstić information content (AvgIpc) is 3.38. The third-order valence-electron chi connectivity index (χ3n) is 4.55. The van der Waals surface area contributed by atoms with Gasteiger partial charge in [-0.05, 0) is 54.1 Å². The zero-order chi connectivity index (χ0) is 21.3. The number of carboxylic acid groups (broad SMARTS) is 1. The molecule has 3 aromatic rings. The second kappa shape index (κ2) is 7.59. The van der Waals surface area contributed by atoms with Gasteiger partial charge in [-0.3, -0.25) is 4.79 Å². The fourth-order valence-electron chi connectivity index (χ4n) is 3.03. The number of aromatic carboxylic acids is 1. The van der Waals surface area contributed by atoms with Crippen LogP contribution in [0.5, 0.6) is 11.5 Å². The van der Waals surface area contributed by atoms with Gasteiger partial charge in [-0.25, -0.2) is 4.79 Å². The summed E-state index contributed by atoms with van der Waals surface area (Å²) in [6.45, 7) is 0. The Morgan fingerprint density at radius 2 is 1.93 bits per heavy atom. The Labute approximate surface area is 170 Å². The van der Waals surface area contributed by atoms with E-state index in [0.717, 1.165) is 0 Å². The van der Waals surface area contributed by atoms with Gasteiger partial charge in [0, 0.05) is 5.56 Å². The summed E-state index contributed by atoms with van der Waals surface area (Å²) in [5.41, 5.74) is 2.50. The number of methoxy groups -OCH3 is 1. The second-order valence-electron chi connectivity index (χ2n) is 6.42. The molecular formula is C22H16N2O6. The molecule has 2 N–H and O–H groups in total. The predicted octanol–water partition coefficient (Wildman–Crippen LogP) is 3.53. The molecule has 0 spiro atoms. The monoisotopic (exact) mass is 404 g/mol. The molecule has 0 fully saturated rings. The van der Waals surface area contributed by atoms with E-state index in [4.69, 9.17) is 14.3 Å². The van der Waals surface area contributed by atoms with Crippen LogP contribution >= 0.6 is 0 Å². The lowest BCUT2D eigenvalue weighted by molar-refractivity contribution is -0.114. The molecule has 0 saturated carbocycles. The van der Waals surface area contributed by atoms with Gasteiger partial charge in [0.1, 0.15) is 5.71 Å². The maximum atomic E-state index is 13.2. The first-order valence-electron chi connectivity index (χ1n) is 8.86. The Kier molecular flexibility index (Phi) is 4.81. The molecule has 0 aliphatic carbocycles. The number of carbonyl (C=O) groups excluding carboxylic acids is 1. The minimum Gasteiger partial charge on any atom is -0.504 e. The fraction of sp³-hybridized carbons (Fsp3) is 0.0455. The number of hydrogen-bond donors (Lipinski definition) is 2. The maximum absolute atomic E-state index is 13.2. The van der Waals surface area contributed by atoms with Gasteiger partial charge in [0.15, 0.2) is 11.5 Å². The van der Waals surface area contributed by atoms with Gasteiger partial charge in [0.05, 0.1) is 36.5 Å². The van der Waals surface area contributed by atoms with Crippen LogP contribution in [-0.4, -0.2) is 34.9 Å². The SMILES string of the molecule is COc1cc(/C=C2\C(=O)N(c3ccc(C(=O)O)cc3)N=C2c2ccoc2)ccc1O. The predicted molar refractivity (Wildman–Crippen MR) is 109 cm³/mol. The number of carboxylic acids is 1. The lowest BCUT2D eigenvalue weighted by atomic mass is 10.0. The number of rotatable bonds is 5. The van der Waals surface area contributed by atoms with Crippen molar-refractivity contribution in [2.75, 3.05) is 12.1 Å². The Morgan fingerprint density at radius 3 is 2.57 bits per heavy atom. The van der Waals surface area contributed by atoms with E-state index < -0.39 is 5.97 Å². The van der Waals surface area contributed by atoms with E-state index >= 15 is 0 Å². The molecule has 0 bridgehead atoms. The van der Waals surface area contributed by atoms with Crippen LogP contribution in [0.25, 0.3) is 6.08 Å². The Morgan fingerprint density at radius 1 is 1.17 bits per heavy atom. The molecule has 1 aliphatic heterocycles. The minimum absolute atomic E-state index is 0.0127. The molecule has 2 aromatic carbocycles. The largest absolute Gasteiger partial charge is 0.504 e. The Hall–Kier alpha value is -4.33. The number of phenols is 1. The molecule has 150 valence electrons. The molecule has 30 heavy (non-hydrogen) atoms. The molecule has 8 heteroatoms. The highest BCUT2D eigenvalue weighted by Gasteiger charge is 2.32. The summed E-state index contributed by atoms with van der Waals surface area (Å²) < 4.78 is 10.3. The zero-order valence-corrected chi connectivity index (χ0v) is 15.8. The number of nitrogens with zero attached hydrogens (tertiary/aromatic N) is 2. The summed E-state index contributed by atoms with van der Waals surface area (Å²) >= 11 is 0. The van der Waals surface area contributed by atoms with Gasteiger partial charge < -0.3 is 19.4 Å². The molecule has 2 heterocycles. The minimum atomic E-state index is -1.06. The van der Waals surface area contributed by atoms with Crippen molar-refractivity contribution in [3.63, 3.8) is 0 Å². The smallest absolute Gasteiger partial charge is 0.335 e. The second-order valence-corrected chi connectivity index (χ2v) is 6.42. The summed E-state index contributed by atoms with van der Waals surface area (Å²) in [5, 5.41) is 24.5. The summed E-state index contributed by atoms with van der Waals surface area (Å²) in [5.74, 6) is -1.18. The van der Waals surface area contributed by atoms with Crippen LogP contribution in [0.4, 0.5) is 5.69 Å². The molecular weight excluding hydrogens is 388 g/mol.